The van der Waals surface area contributed by atoms with Crippen molar-refractivity contribution in [3.05, 3.63) is 28.7 Å². The number of nitrogens with two attached hydrogens (primary N) is 1. The fourth-order valence-electron chi connectivity index (χ4n) is 1.09. The Bertz CT molecular complexity index is 327. The lowest BCUT2D eigenvalue weighted by Gasteiger charge is -2.15. The van der Waals surface area contributed by atoms with Crippen LogP contribution in [0.2, 0.25) is 0 Å². The van der Waals surface area contributed by atoms with E-state index >= 15 is 0 Å². The topological polar surface area (TPSA) is 64.3 Å². The summed E-state index contributed by atoms with van der Waals surface area (Å²) in [5.41, 5.74) is 2.07. The summed E-state index contributed by atoms with van der Waals surface area (Å²) in [6.07, 6.45) is 0.0233. The molecule has 1 aromatic rings. The van der Waals surface area contributed by atoms with Crippen LogP contribution in [0, 0.1) is 0 Å². The Kier molecular flexibility index (Phi) is 4.58. The van der Waals surface area contributed by atoms with E-state index in [0.29, 0.717) is 12.2 Å². The molecule has 0 unspecified atom stereocenters. The van der Waals surface area contributed by atoms with Crippen LogP contribution >= 0.6 is 15.9 Å². The molecule has 0 radical (unpaired) electrons. The van der Waals surface area contributed by atoms with E-state index in [1.54, 1.807) is 12.1 Å². The number of carbonyl (C=O) groups excluding carboxylic acids is 1. The maximum atomic E-state index is 11.2. The van der Waals surface area contributed by atoms with Crippen LogP contribution in [-0.2, 0) is 4.79 Å². The summed E-state index contributed by atoms with van der Waals surface area (Å²) in [4.78, 5) is 11.2. The molecule has 0 heterocycles. The first-order chi connectivity index (χ1) is 7.17. The predicted octanol–water partition coefficient (Wildman–Crippen LogP) is 1.60. The molecule has 82 valence electrons. The van der Waals surface area contributed by atoms with Gasteiger partial charge in [-0.3, -0.25) is 10.2 Å². The number of hydrogen-bond donors (Lipinski definition) is 2. The van der Waals surface area contributed by atoms with Crippen molar-refractivity contribution in [1.82, 2.24) is 5.43 Å². The quantitative estimate of drug-likeness (QED) is 0.497. The Hall–Kier alpha value is -1.07. The van der Waals surface area contributed by atoms with Gasteiger partial charge in [0.25, 0.3) is 5.91 Å². The van der Waals surface area contributed by atoms with Crippen LogP contribution in [0.1, 0.15) is 13.3 Å². The molecule has 0 saturated heterocycles. The Morgan fingerprint density at radius 1 is 1.53 bits per heavy atom. The summed E-state index contributed by atoms with van der Waals surface area (Å²) in [6, 6.07) is 7.28. The molecular formula is C10H13BrN2O2. The van der Waals surface area contributed by atoms with Gasteiger partial charge in [-0.15, -0.1) is 0 Å². The number of benzene rings is 1. The largest absolute Gasteiger partial charge is 0.481 e. The van der Waals surface area contributed by atoms with Crippen molar-refractivity contribution in [1.29, 1.82) is 0 Å². The summed E-state index contributed by atoms with van der Waals surface area (Å²) in [7, 11) is 0. The second-order valence-corrected chi connectivity index (χ2v) is 3.89. The summed E-state index contributed by atoms with van der Waals surface area (Å²) in [6.45, 7) is 1.86. The first-order valence-electron chi connectivity index (χ1n) is 4.60. The van der Waals surface area contributed by atoms with Gasteiger partial charge < -0.3 is 4.74 Å². The van der Waals surface area contributed by atoms with E-state index in [1.807, 2.05) is 19.1 Å². The van der Waals surface area contributed by atoms with E-state index in [-0.39, 0.29) is 5.91 Å². The van der Waals surface area contributed by atoms with Gasteiger partial charge in [-0.25, -0.2) is 5.84 Å². The van der Waals surface area contributed by atoms with Crippen LogP contribution in [0.3, 0.4) is 0 Å². The molecular weight excluding hydrogens is 260 g/mol. The van der Waals surface area contributed by atoms with Gasteiger partial charge in [0, 0.05) is 4.47 Å². The third-order valence-electron chi connectivity index (χ3n) is 1.90. The molecule has 1 atom stereocenters. The molecule has 0 saturated carbocycles. The second kappa shape index (κ2) is 5.72. The monoisotopic (exact) mass is 272 g/mol. The Morgan fingerprint density at radius 2 is 2.13 bits per heavy atom. The molecule has 4 nitrogen and oxygen atoms in total. The van der Waals surface area contributed by atoms with Crippen molar-refractivity contribution in [3.8, 4) is 5.75 Å². The summed E-state index contributed by atoms with van der Waals surface area (Å²) in [5, 5.41) is 0. The smallest absolute Gasteiger partial charge is 0.274 e. The first-order valence-corrected chi connectivity index (χ1v) is 5.39. The predicted molar refractivity (Wildman–Crippen MR) is 61.2 cm³/mol. The van der Waals surface area contributed by atoms with Crippen LogP contribution in [0.4, 0.5) is 0 Å². The zero-order valence-corrected chi connectivity index (χ0v) is 9.95. The molecule has 1 amide bonds. The van der Waals surface area contributed by atoms with Gasteiger partial charge in [0.2, 0.25) is 0 Å². The van der Waals surface area contributed by atoms with Gasteiger partial charge in [-0.1, -0.05) is 22.9 Å². The van der Waals surface area contributed by atoms with E-state index in [4.69, 9.17) is 10.6 Å². The number of ether oxygens (including phenoxy) is 1. The van der Waals surface area contributed by atoms with E-state index < -0.39 is 6.10 Å². The zero-order valence-electron chi connectivity index (χ0n) is 8.37. The third-order valence-corrected chi connectivity index (χ3v) is 2.43. The van der Waals surface area contributed by atoms with Crippen LogP contribution in [0.25, 0.3) is 0 Å². The Balaban J connectivity index is 2.66. The number of rotatable bonds is 4. The second-order valence-electron chi connectivity index (χ2n) is 2.98. The molecule has 15 heavy (non-hydrogen) atoms. The van der Waals surface area contributed by atoms with E-state index in [2.05, 4.69) is 21.4 Å². The van der Waals surface area contributed by atoms with Gasteiger partial charge in [0.1, 0.15) is 5.75 Å². The maximum Gasteiger partial charge on any atom is 0.274 e. The van der Waals surface area contributed by atoms with Gasteiger partial charge in [0.05, 0.1) is 0 Å². The normalized spacial score (nSPS) is 11.9. The summed E-state index contributed by atoms with van der Waals surface area (Å²) >= 11 is 3.32. The minimum absolute atomic E-state index is 0.319. The highest BCUT2D eigenvalue weighted by atomic mass is 79.9. The zero-order chi connectivity index (χ0) is 11.3. The van der Waals surface area contributed by atoms with Crippen molar-refractivity contribution in [2.75, 3.05) is 0 Å². The molecule has 5 heteroatoms. The fourth-order valence-corrected chi connectivity index (χ4v) is 1.36. The minimum Gasteiger partial charge on any atom is -0.481 e. The van der Waals surface area contributed by atoms with Crippen molar-refractivity contribution < 1.29 is 9.53 Å². The molecule has 1 rings (SSSR count). The van der Waals surface area contributed by atoms with Crippen molar-refractivity contribution in [2.24, 2.45) is 5.84 Å². The Labute approximate surface area is 96.9 Å². The molecule has 0 spiro atoms. The van der Waals surface area contributed by atoms with Crippen LogP contribution < -0.4 is 16.0 Å². The SMILES string of the molecule is CC[C@H](Oc1ccc(Br)cc1)C(=O)NN. The highest BCUT2D eigenvalue weighted by molar-refractivity contribution is 9.10. The van der Waals surface area contributed by atoms with Crippen molar-refractivity contribution >= 4 is 21.8 Å². The van der Waals surface area contributed by atoms with Crippen LogP contribution in [-0.4, -0.2) is 12.0 Å². The van der Waals surface area contributed by atoms with Crippen molar-refractivity contribution in [3.63, 3.8) is 0 Å². The molecule has 3 N–H and O–H groups in total. The highest BCUT2D eigenvalue weighted by Crippen LogP contribution is 2.17. The highest BCUT2D eigenvalue weighted by Gasteiger charge is 2.16. The van der Waals surface area contributed by atoms with Gasteiger partial charge in [-0.05, 0) is 30.7 Å². The first kappa shape index (κ1) is 12.0. The molecule has 0 aliphatic carbocycles. The lowest BCUT2D eigenvalue weighted by Crippen LogP contribution is -2.41. The van der Waals surface area contributed by atoms with Gasteiger partial charge in [0.15, 0.2) is 6.10 Å². The molecule has 0 aromatic heterocycles. The lowest BCUT2D eigenvalue weighted by atomic mass is 10.2. The van der Waals surface area contributed by atoms with Gasteiger partial charge >= 0.3 is 0 Å². The lowest BCUT2D eigenvalue weighted by molar-refractivity contribution is -0.128. The minimum atomic E-state index is -0.545. The standard InChI is InChI=1S/C10H13BrN2O2/c1-2-9(10(14)13-12)15-8-5-3-7(11)4-6-8/h3-6,9H,2,12H2,1H3,(H,13,14)/t9-/m0/s1. The van der Waals surface area contributed by atoms with Crippen LogP contribution in [0.5, 0.6) is 5.75 Å². The number of carbonyl (C=O) groups is 1. The van der Waals surface area contributed by atoms with E-state index in [9.17, 15) is 4.79 Å². The summed E-state index contributed by atoms with van der Waals surface area (Å²) in [5.74, 6) is 5.37. The molecule has 1 aromatic carbocycles. The molecule has 0 aliphatic heterocycles. The molecule has 0 fully saturated rings. The van der Waals surface area contributed by atoms with E-state index in [1.165, 1.54) is 0 Å². The molecule has 0 aliphatic rings. The van der Waals surface area contributed by atoms with Gasteiger partial charge in [-0.2, -0.15) is 0 Å². The summed E-state index contributed by atoms with van der Waals surface area (Å²) < 4.78 is 6.42. The van der Waals surface area contributed by atoms with E-state index in [0.717, 1.165) is 4.47 Å². The maximum absolute atomic E-state index is 11.2. The van der Waals surface area contributed by atoms with Crippen molar-refractivity contribution in [2.45, 2.75) is 19.4 Å². The average Bonchev–Trinajstić information content (AvgIpc) is 2.27. The Morgan fingerprint density at radius 3 is 2.60 bits per heavy atom. The average molecular weight is 273 g/mol. The number of hydrazine groups is 1. The number of halogens is 1. The number of nitrogens with one attached hydrogen (secondary N) is 1. The number of hydrogen-bond acceptors (Lipinski definition) is 3. The number of amides is 1. The molecule has 0 bridgehead atoms. The fraction of sp³-hybridized carbons (Fsp3) is 0.300. The van der Waals surface area contributed by atoms with Crippen LogP contribution in [0.15, 0.2) is 28.7 Å². The third kappa shape index (κ3) is 3.53.